The Hall–Kier alpha value is -2.69. The Balaban J connectivity index is 1.71. The lowest BCUT2D eigenvalue weighted by molar-refractivity contribution is -0.114. The van der Waals surface area contributed by atoms with Gasteiger partial charge in [-0.1, -0.05) is 18.2 Å². The average Bonchev–Trinajstić information content (AvgIpc) is 2.93. The van der Waals surface area contributed by atoms with E-state index in [0.29, 0.717) is 6.54 Å². The fourth-order valence-electron chi connectivity index (χ4n) is 2.19. The Bertz CT molecular complexity index is 670. The Morgan fingerprint density at radius 1 is 1.14 bits per heavy atom. The number of ether oxygens (including phenoxy) is 2. The summed E-state index contributed by atoms with van der Waals surface area (Å²) in [5.41, 5.74) is 2.78. The first-order valence-electron chi connectivity index (χ1n) is 6.71. The Morgan fingerprint density at radius 2 is 1.95 bits per heavy atom. The van der Waals surface area contributed by atoms with E-state index in [-0.39, 0.29) is 12.7 Å². The maximum atomic E-state index is 11.2. The van der Waals surface area contributed by atoms with Crippen LogP contribution in [0, 0.1) is 0 Å². The lowest BCUT2D eigenvalue weighted by Crippen LogP contribution is -2.10. The van der Waals surface area contributed by atoms with Gasteiger partial charge in [-0.2, -0.15) is 0 Å². The zero-order valence-corrected chi connectivity index (χ0v) is 11.7. The van der Waals surface area contributed by atoms with E-state index in [9.17, 15) is 4.79 Å². The van der Waals surface area contributed by atoms with Crippen LogP contribution in [0.25, 0.3) is 0 Å². The van der Waals surface area contributed by atoms with Gasteiger partial charge < -0.3 is 20.1 Å². The molecule has 0 aliphatic carbocycles. The van der Waals surface area contributed by atoms with Crippen molar-refractivity contribution in [2.75, 3.05) is 17.4 Å². The van der Waals surface area contributed by atoms with E-state index in [4.69, 9.17) is 9.47 Å². The number of nitrogens with one attached hydrogen (secondary N) is 2. The summed E-state index contributed by atoms with van der Waals surface area (Å²) < 4.78 is 10.6. The number of carbonyl (C=O) groups excluding carboxylic acids is 1. The molecular formula is C16H16N2O3. The van der Waals surface area contributed by atoms with Crippen molar-refractivity contribution in [1.82, 2.24) is 0 Å². The van der Waals surface area contributed by atoms with E-state index < -0.39 is 0 Å². The van der Waals surface area contributed by atoms with Crippen LogP contribution in [-0.4, -0.2) is 12.7 Å². The number of fused-ring (bicyclic) bond motifs is 1. The second-order valence-corrected chi connectivity index (χ2v) is 4.76. The van der Waals surface area contributed by atoms with Crippen molar-refractivity contribution in [1.29, 1.82) is 0 Å². The molecule has 1 aliphatic heterocycles. The number of hydrogen-bond donors (Lipinski definition) is 2. The minimum atomic E-state index is -0.0782. The number of para-hydroxylation sites is 1. The molecule has 21 heavy (non-hydrogen) atoms. The zero-order chi connectivity index (χ0) is 14.7. The largest absolute Gasteiger partial charge is 0.454 e. The quantitative estimate of drug-likeness (QED) is 0.906. The molecule has 5 heteroatoms. The van der Waals surface area contributed by atoms with Gasteiger partial charge in [-0.05, 0) is 23.8 Å². The summed E-state index contributed by atoms with van der Waals surface area (Å²) in [5.74, 6) is 1.43. The number of benzene rings is 2. The van der Waals surface area contributed by atoms with Crippen molar-refractivity contribution in [3.8, 4) is 11.5 Å². The van der Waals surface area contributed by atoms with Crippen molar-refractivity contribution in [2.45, 2.75) is 13.5 Å². The molecule has 0 saturated carbocycles. The molecule has 0 radical (unpaired) electrons. The summed E-state index contributed by atoms with van der Waals surface area (Å²) >= 11 is 0. The van der Waals surface area contributed by atoms with Crippen LogP contribution in [0.3, 0.4) is 0 Å². The molecule has 0 unspecified atom stereocenters. The van der Waals surface area contributed by atoms with Crippen molar-refractivity contribution in [3.05, 3.63) is 48.0 Å². The van der Waals surface area contributed by atoms with Gasteiger partial charge in [-0.15, -0.1) is 0 Å². The number of hydrogen-bond acceptors (Lipinski definition) is 4. The highest BCUT2D eigenvalue weighted by Crippen LogP contribution is 2.34. The predicted octanol–water partition coefficient (Wildman–Crippen LogP) is 2.99. The molecule has 0 spiro atoms. The summed E-state index contributed by atoms with van der Waals surface area (Å²) in [7, 11) is 0. The molecule has 0 aromatic heterocycles. The first-order valence-corrected chi connectivity index (χ1v) is 6.71. The molecule has 2 aromatic rings. The number of carbonyl (C=O) groups is 1. The number of anilines is 2. The number of amides is 1. The smallest absolute Gasteiger partial charge is 0.231 e. The Labute approximate surface area is 122 Å². The maximum Gasteiger partial charge on any atom is 0.231 e. The molecule has 0 bridgehead atoms. The summed E-state index contributed by atoms with van der Waals surface area (Å²) in [4.78, 5) is 11.2. The fraction of sp³-hybridized carbons (Fsp3) is 0.188. The van der Waals surface area contributed by atoms with Gasteiger partial charge in [0.05, 0.1) is 0 Å². The van der Waals surface area contributed by atoms with Crippen molar-refractivity contribution >= 4 is 17.3 Å². The van der Waals surface area contributed by atoms with Gasteiger partial charge in [0.2, 0.25) is 12.7 Å². The topological polar surface area (TPSA) is 59.6 Å². The molecule has 0 saturated heterocycles. The first kappa shape index (κ1) is 13.3. The van der Waals surface area contributed by atoms with Crippen molar-refractivity contribution in [3.63, 3.8) is 0 Å². The van der Waals surface area contributed by atoms with Gasteiger partial charge in [0.25, 0.3) is 0 Å². The van der Waals surface area contributed by atoms with Gasteiger partial charge in [0, 0.05) is 30.9 Å². The molecule has 2 N–H and O–H groups in total. The number of rotatable bonds is 4. The van der Waals surface area contributed by atoms with Gasteiger partial charge in [-0.25, -0.2) is 0 Å². The Kier molecular flexibility index (Phi) is 3.64. The van der Waals surface area contributed by atoms with E-state index in [1.165, 1.54) is 6.92 Å². The van der Waals surface area contributed by atoms with Crippen molar-refractivity contribution in [2.24, 2.45) is 0 Å². The van der Waals surface area contributed by atoms with Crippen molar-refractivity contribution < 1.29 is 14.3 Å². The lowest BCUT2D eigenvalue weighted by Gasteiger charge is -2.12. The minimum absolute atomic E-state index is 0.0782. The molecule has 0 atom stereocenters. The third kappa shape index (κ3) is 3.08. The van der Waals surface area contributed by atoms with Crippen LogP contribution in [0.4, 0.5) is 11.4 Å². The molecular weight excluding hydrogens is 268 g/mol. The summed E-state index contributed by atoms with van der Waals surface area (Å²) in [5, 5.41) is 6.15. The molecule has 108 valence electrons. The third-order valence-corrected chi connectivity index (χ3v) is 3.18. The van der Waals surface area contributed by atoms with Gasteiger partial charge >= 0.3 is 0 Å². The van der Waals surface area contributed by atoms with Crippen LogP contribution >= 0.6 is 0 Å². The second-order valence-electron chi connectivity index (χ2n) is 4.76. The molecule has 0 fully saturated rings. The molecule has 3 rings (SSSR count). The van der Waals surface area contributed by atoms with Gasteiger partial charge in [0.15, 0.2) is 11.5 Å². The van der Waals surface area contributed by atoms with Crippen LogP contribution in [0.5, 0.6) is 11.5 Å². The first-order chi connectivity index (χ1) is 10.2. The monoisotopic (exact) mass is 284 g/mol. The summed E-state index contributed by atoms with van der Waals surface area (Å²) in [6.07, 6.45) is 0. The highest BCUT2D eigenvalue weighted by atomic mass is 16.7. The fourth-order valence-corrected chi connectivity index (χ4v) is 2.19. The molecule has 1 heterocycles. The second kappa shape index (κ2) is 5.75. The zero-order valence-electron chi connectivity index (χ0n) is 11.7. The molecule has 1 amide bonds. The van der Waals surface area contributed by atoms with Crippen LogP contribution in [0.1, 0.15) is 12.5 Å². The molecule has 2 aromatic carbocycles. The minimum Gasteiger partial charge on any atom is -0.454 e. The molecule has 1 aliphatic rings. The van der Waals surface area contributed by atoms with E-state index in [1.807, 2.05) is 42.5 Å². The predicted molar refractivity (Wildman–Crippen MR) is 80.6 cm³/mol. The van der Waals surface area contributed by atoms with E-state index in [0.717, 1.165) is 28.4 Å². The summed E-state index contributed by atoms with van der Waals surface area (Å²) in [6.45, 7) is 2.38. The van der Waals surface area contributed by atoms with E-state index >= 15 is 0 Å². The van der Waals surface area contributed by atoms with Crippen LogP contribution in [0.15, 0.2) is 42.5 Å². The molecule has 5 nitrogen and oxygen atoms in total. The van der Waals surface area contributed by atoms with Crippen LogP contribution in [0.2, 0.25) is 0 Å². The van der Waals surface area contributed by atoms with Crippen LogP contribution < -0.4 is 20.1 Å². The maximum absolute atomic E-state index is 11.2. The van der Waals surface area contributed by atoms with Gasteiger partial charge in [-0.3, -0.25) is 4.79 Å². The van der Waals surface area contributed by atoms with Gasteiger partial charge in [0.1, 0.15) is 0 Å². The normalized spacial score (nSPS) is 12.0. The standard InChI is InChI=1S/C16H16N2O3/c1-11(19)18-14-5-3-2-4-12(14)9-17-13-6-7-15-16(8-13)21-10-20-15/h2-8,17H,9-10H2,1H3,(H,18,19). The summed E-state index contributed by atoms with van der Waals surface area (Å²) in [6, 6.07) is 13.4. The lowest BCUT2D eigenvalue weighted by atomic mass is 10.1. The van der Waals surface area contributed by atoms with E-state index in [1.54, 1.807) is 0 Å². The average molecular weight is 284 g/mol. The SMILES string of the molecule is CC(=O)Nc1ccccc1CNc1ccc2c(c1)OCO2. The third-order valence-electron chi connectivity index (χ3n) is 3.18. The van der Waals surface area contributed by atoms with E-state index in [2.05, 4.69) is 10.6 Å². The highest BCUT2D eigenvalue weighted by molar-refractivity contribution is 5.89. The highest BCUT2D eigenvalue weighted by Gasteiger charge is 2.13. The Morgan fingerprint density at radius 3 is 2.81 bits per heavy atom. The van der Waals surface area contributed by atoms with Crippen LogP contribution in [-0.2, 0) is 11.3 Å².